The highest BCUT2D eigenvalue weighted by Crippen LogP contribution is 2.31. The van der Waals surface area contributed by atoms with Crippen LogP contribution in [0.2, 0.25) is 5.02 Å². The minimum Gasteiger partial charge on any atom is -0.507 e. The summed E-state index contributed by atoms with van der Waals surface area (Å²) in [6.45, 7) is 3.67. The Morgan fingerprint density at radius 1 is 1.37 bits per heavy atom. The average Bonchev–Trinajstić information content (AvgIpc) is 2.77. The van der Waals surface area contributed by atoms with Crippen molar-refractivity contribution in [3.05, 3.63) is 35.0 Å². The number of nitrogens with zero attached hydrogens (tertiary/aromatic N) is 2. The number of halogens is 1. The molecule has 0 bridgehead atoms. The highest BCUT2D eigenvalue weighted by atomic mass is 35.5. The van der Waals surface area contributed by atoms with Gasteiger partial charge >= 0.3 is 5.97 Å². The van der Waals surface area contributed by atoms with E-state index in [2.05, 4.69) is 5.10 Å². The fraction of sp³-hybridized carbons (Fsp3) is 0.231. The van der Waals surface area contributed by atoms with Crippen molar-refractivity contribution in [2.75, 3.05) is 0 Å². The van der Waals surface area contributed by atoms with Crippen LogP contribution in [-0.4, -0.2) is 26.0 Å². The Labute approximate surface area is 115 Å². The Bertz CT molecular complexity index is 635. The van der Waals surface area contributed by atoms with Crippen LogP contribution in [-0.2, 0) is 0 Å². The number of phenols is 1. The molecule has 0 fully saturated rings. The number of hydrogen-bond donors (Lipinski definition) is 2. The molecule has 2 N–H and O–H groups in total. The summed E-state index contributed by atoms with van der Waals surface area (Å²) in [7, 11) is 0. The molecule has 0 aliphatic heterocycles. The van der Waals surface area contributed by atoms with Gasteiger partial charge in [-0.3, -0.25) is 4.68 Å². The van der Waals surface area contributed by atoms with Gasteiger partial charge in [-0.1, -0.05) is 11.6 Å². The third-order valence-corrected chi connectivity index (χ3v) is 2.91. The van der Waals surface area contributed by atoms with Gasteiger partial charge in [0.15, 0.2) is 0 Å². The maximum Gasteiger partial charge on any atom is 0.354 e. The van der Waals surface area contributed by atoms with Gasteiger partial charge in [0.05, 0.1) is 5.69 Å². The van der Waals surface area contributed by atoms with Crippen LogP contribution in [0.25, 0.3) is 11.3 Å². The van der Waals surface area contributed by atoms with E-state index in [0.29, 0.717) is 16.3 Å². The van der Waals surface area contributed by atoms with E-state index in [9.17, 15) is 9.90 Å². The predicted octanol–water partition coefficient (Wildman–Crippen LogP) is 3.19. The lowest BCUT2D eigenvalue weighted by Crippen LogP contribution is -2.11. The molecule has 0 aliphatic rings. The van der Waals surface area contributed by atoms with E-state index in [1.165, 1.54) is 16.8 Å². The summed E-state index contributed by atoms with van der Waals surface area (Å²) in [4.78, 5) is 11.2. The van der Waals surface area contributed by atoms with E-state index in [1.54, 1.807) is 12.1 Å². The molecule has 0 saturated carbocycles. The van der Waals surface area contributed by atoms with E-state index in [-0.39, 0.29) is 17.5 Å². The lowest BCUT2D eigenvalue weighted by atomic mass is 10.1. The number of rotatable bonds is 3. The lowest BCUT2D eigenvalue weighted by molar-refractivity contribution is 0.0681. The summed E-state index contributed by atoms with van der Waals surface area (Å²) in [6, 6.07) is 5.88. The summed E-state index contributed by atoms with van der Waals surface area (Å²) in [5.74, 6) is -1.05. The zero-order chi connectivity index (χ0) is 14.2. The number of hydrogen-bond acceptors (Lipinski definition) is 3. The maximum atomic E-state index is 11.2. The molecule has 0 spiro atoms. The molecule has 1 aromatic carbocycles. The molecule has 0 aliphatic carbocycles. The molecule has 0 radical (unpaired) electrons. The van der Waals surface area contributed by atoms with E-state index < -0.39 is 5.97 Å². The van der Waals surface area contributed by atoms with Gasteiger partial charge in [-0.2, -0.15) is 5.10 Å². The predicted molar refractivity (Wildman–Crippen MR) is 71.7 cm³/mol. The highest BCUT2D eigenvalue weighted by Gasteiger charge is 2.18. The third-order valence-electron chi connectivity index (χ3n) is 2.68. The van der Waals surface area contributed by atoms with E-state index >= 15 is 0 Å². The maximum absolute atomic E-state index is 11.2. The Hall–Kier alpha value is -2.01. The van der Waals surface area contributed by atoms with Crippen LogP contribution in [0.4, 0.5) is 0 Å². The molecule has 1 heterocycles. The minimum absolute atomic E-state index is 0.00902. The number of phenolic OH excluding ortho intramolecular Hbond substituents is 1. The SMILES string of the molecule is CC(C)n1nc(-c2cc(Cl)ccc2O)cc1C(=O)O. The molecule has 0 amide bonds. The Kier molecular flexibility index (Phi) is 3.48. The van der Waals surface area contributed by atoms with Crippen molar-refractivity contribution < 1.29 is 15.0 Å². The molecule has 1 aromatic heterocycles. The number of aromatic nitrogens is 2. The van der Waals surface area contributed by atoms with Crippen LogP contribution < -0.4 is 0 Å². The average molecular weight is 281 g/mol. The first kappa shape index (κ1) is 13.4. The van der Waals surface area contributed by atoms with Gasteiger partial charge in [0, 0.05) is 16.6 Å². The van der Waals surface area contributed by atoms with Gasteiger partial charge in [0.2, 0.25) is 0 Å². The van der Waals surface area contributed by atoms with Gasteiger partial charge in [-0.05, 0) is 38.1 Å². The first-order valence-electron chi connectivity index (χ1n) is 5.72. The summed E-state index contributed by atoms with van der Waals surface area (Å²) in [6.07, 6.45) is 0. The van der Waals surface area contributed by atoms with Crippen LogP contribution in [0.15, 0.2) is 24.3 Å². The van der Waals surface area contributed by atoms with Crippen LogP contribution in [0.3, 0.4) is 0 Å². The van der Waals surface area contributed by atoms with Crippen LogP contribution in [0.1, 0.15) is 30.4 Å². The minimum atomic E-state index is -1.06. The first-order chi connectivity index (χ1) is 8.90. The van der Waals surface area contributed by atoms with Gasteiger partial charge in [-0.25, -0.2) is 4.79 Å². The summed E-state index contributed by atoms with van der Waals surface area (Å²) >= 11 is 5.88. The summed E-state index contributed by atoms with van der Waals surface area (Å²) in [5, 5.41) is 23.6. The first-order valence-corrected chi connectivity index (χ1v) is 6.09. The van der Waals surface area contributed by atoms with E-state index in [4.69, 9.17) is 16.7 Å². The fourth-order valence-corrected chi connectivity index (χ4v) is 1.96. The largest absolute Gasteiger partial charge is 0.507 e. The smallest absolute Gasteiger partial charge is 0.354 e. The molecule has 0 atom stereocenters. The normalized spacial score (nSPS) is 10.9. The monoisotopic (exact) mass is 280 g/mol. The van der Waals surface area contributed by atoms with Crippen molar-refractivity contribution in [1.82, 2.24) is 9.78 Å². The third kappa shape index (κ3) is 2.56. The van der Waals surface area contributed by atoms with Gasteiger partial charge in [0.25, 0.3) is 0 Å². The second-order valence-corrected chi connectivity index (χ2v) is 4.86. The Morgan fingerprint density at radius 2 is 2.05 bits per heavy atom. The van der Waals surface area contributed by atoms with Crippen molar-refractivity contribution in [2.24, 2.45) is 0 Å². The molecular formula is C13H13ClN2O3. The fourth-order valence-electron chi connectivity index (χ4n) is 1.79. The lowest BCUT2D eigenvalue weighted by Gasteiger charge is -2.07. The Balaban J connectivity index is 2.60. The molecule has 0 saturated heterocycles. The molecule has 100 valence electrons. The van der Waals surface area contributed by atoms with Crippen molar-refractivity contribution in [3.8, 4) is 17.0 Å². The highest BCUT2D eigenvalue weighted by molar-refractivity contribution is 6.30. The van der Waals surface area contributed by atoms with Crippen LogP contribution in [0, 0.1) is 0 Å². The van der Waals surface area contributed by atoms with Crippen molar-refractivity contribution >= 4 is 17.6 Å². The number of aromatic carboxylic acids is 1. The van der Waals surface area contributed by atoms with Crippen molar-refractivity contribution in [3.63, 3.8) is 0 Å². The van der Waals surface area contributed by atoms with Crippen molar-refractivity contribution in [2.45, 2.75) is 19.9 Å². The standard InChI is InChI=1S/C13H13ClN2O3/c1-7(2)16-11(13(18)19)6-10(15-16)9-5-8(14)3-4-12(9)17/h3-7,17H,1-2H3,(H,18,19). The zero-order valence-electron chi connectivity index (χ0n) is 10.5. The summed E-state index contributed by atoms with van der Waals surface area (Å²) < 4.78 is 1.40. The number of carboxylic acids is 1. The van der Waals surface area contributed by atoms with Gasteiger partial charge in [-0.15, -0.1) is 0 Å². The second-order valence-electron chi connectivity index (χ2n) is 4.42. The van der Waals surface area contributed by atoms with Crippen molar-refractivity contribution in [1.29, 1.82) is 0 Å². The number of carbonyl (C=O) groups is 1. The van der Waals surface area contributed by atoms with E-state index in [1.807, 2.05) is 13.8 Å². The molecular weight excluding hydrogens is 268 g/mol. The quantitative estimate of drug-likeness (QED) is 0.905. The molecule has 19 heavy (non-hydrogen) atoms. The van der Waals surface area contributed by atoms with Gasteiger partial charge < -0.3 is 10.2 Å². The molecule has 2 rings (SSSR count). The number of carboxylic acid groups (broad SMARTS) is 1. The van der Waals surface area contributed by atoms with Crippen LogP contribution >= 0.6 is 11.6 Å². The van der Waals surface area contributed by atoms with Gasteiger partial charge in [0.1, 0.15) is 11.4 Å². The second kappa shape index (κ2) is 4.93. The topological polar surface area (TPSA) is 75.3 Å². The summed E-state index contributed by atoms with van der Waals surface area (Å²) in [5.41, 5.74) is 0.866. The van der Waals surface area contributed by atoms with E-state index in [0.717, 1.165) is 0 Å². The molecule has 6 heteroatoms. The number of benzene rings is 1. The molecule has 5 nitrogen and oxygen atoms in total. The zero-order valence-corrected chi connectivity index (χ0v) is 11.2. The number of aromatic hydroxyl groups is 1. The van der Waals surface area contributed by atoms with Crippen LogP contribution in [0.5, 0.6) is 5.75 Å². The molecule has 0 unspecified atom stereocenters. The molecule has 2 aromatic rings. The Morgan fingerprint density at radius 3 is 2.58 bits per heavy atom.